The highest BCUT2D eigenvalue weighted by molar-refractivity contribution is 6.09. The first kappa shape index (κ1) is 19.7. The smallest absolute Gasteiger partial charge is 0.325 e. The molecule has 4 amide bonds. The van der Waals surface area contributed by atoms with Gasteiger partial charge in [0, 0.05) is 13.1 Å². The minimum atomic E-state index is -0.806. The molecule has 7 heteroatoms. The Balaban J connectivity index is 1.95. The van der Waals surface area contributed by atoms with E-state index in [0.717, 1.165) is 30.7 Å². The molecule has 2 rings (SSSR count). The van der Waals surface area contributed by atoms with Crippen LogP contribution in [0.15, 0.2) is 0 Å². The average Bonchev–Trinajstić information content (AvgIpc) is 2.72. The lowest BCUT2D eigenvalue weighted by molar-refractivity contribution is -0.137. The Kier molecular flexibility index (Phi) is 5.76. The van der Waals surface area contributed by atoms with Crippen molar-refractivity contribution in [2.24, 2.45) is 11.3 Å². The first-order chi connectivity index (χ1) is 11.6. The second kappa shape index (κ2) is 7.32. The van der Waals surface area contributed by atoms with Crippen LogP contribution >= 0.6 is 0 Å². The van der Waals surface area contributed by atoms with Gasteiger partial charge in [-0.15, -0.1) is 0 Å². The summed E-state index contributed by atoms with van der Waals surface area (Å²) in [5, 5.41) is 5.73. The first-order valence-corrected chi connectivity index (χ1v) is 9.13. The van der Waals surface area contributed by atoms with Crippen molar-refractivity contribution in [3.8, 4) is 0 Å². The zero-order valence-corrected chi connectivity index (χ0v) is 16.1. The Bertz CT molecular complexity index is 546. The number of hydrogen-bond donors (Lipinski definition) is 2. The topological polar surface area (TPSA) is 81.8 Å². The van der Waals surface area contributed by atoms with Crippen LogP contribution in [0.3, 0.4) is 0 Å². The summed E-state index contributed by atoms with van der Waals surface area (Å²) in [5.74, 6) is -0.437. The highest BCUT2D eigenvalue weighted by Crippen LogP contribution is 2.38. The molecule has 0 bridgehead atoms. The fourth-order valence-electron chi connectivity index (χ4n) is 4.09. The number of rotatable bonds is 6. The number of carbonyl (C=O) groups excluding carboxylic acids is 3. The summed E-state index contributed by atoms with van der Waals surface area (Å²) >= 11 is 0. The van der Waals surface area contributed by atoms with Crippen molar-refractivity contribution in [2.75, 3.05) is 33.7 Å². The van der Waals surface area contributed by atoms with Crippen molar-refractivity contribution in [3.63, 3.8) is 0 Å². The van der Waals surface area contributed by atoms with Crippen LogP contribution < -0.4 is 10.6 Å². The minimum Gasteiger partial charge on any atom is -0.354 e. The molecule has 1 aliphatic carbocycles. The maximum Gasteiger partial charge on any atom is 0.325 e. The summed E-state index contributed by atoms with van der Waals surface area (Å²) in [6.45, 7) is 7.26. The van der Waals surface area contributed by atoms with E-state index in [9.17, 15) is 14.4 Å². The Morgan fingerprint density at radius 3 is 2.64 bits per heavy atom. The predicted molar refractivity (Wildman–Crippen MR) is 96.0 cm³/mol. The van der Waals surface area contributed by atoms with Gasteiger partial charge in [-0.3, -0.25) is 14.5 Å². The molecule has 1 aliphatic heterocycles. The van der Waals surface area contributed by atoms with Crippen LogP contribution in [0.4, 0.5) is 4.79 Å². The van der Waals surface area contributed by atoms with E-state index in [1.54, 1.807) is 0 Å². The summed E-state index contributed by atoms with van der Waals surface area (Å²) in [7, 11) is 3.98. The molecule has 2 aliphatic rings. The second-order valence-electron chi connectivity index (χ2n) is 8.62. The molecule has 1 heterocycles. The van der Waals surface area contributed by atoms with Gasteiger partial charge in [-0.05, 0) is 38.3 Å². The van der Waals surface area contributed by atoms with Crippen LogP contribution in [-0.4, -0.2) is 66.9 Å². The monoisotopic (exact) mass is 352 g/mol. The third-order valence-corrected chi connectivity index (χ3v) is 5.31. The van der Waals surface area contributed by atoms with E-state index in [2.05, 4.69) is 29.4 Å². The predicted octanol–water partition coefficient (Wildman–Crippen LogP) is 1.19. The largest absolute Gasteiger partial charge is 0.354 e. The zero-order valence-electron chi connectivity index (χ0n) is 16.1. The van der Waals surface area contributed by atoms with Crippen molar-refractivity contribution in [2.45, 2.75) is 52.0 Å². The van der Waals surface area contributed by atoms with Gasteiger partial charge in [-0.25, -0.2) is 4.79 Å². The van der Waals surface area contributed by atoms with Gasteiger partial charge in [0.2, 0.25) is 5.91 Å². The van der Waals surface area contributed by atoms with Gasteiger partial charge >= 0.3 is 6.03 Å². The molecule has 2 fully saturated rings. The Morgan fingerprint density at radius 1 is 1.36 bits per heavy atom. The molecule has 0 aromatic carbocycles. The molecule has 0 aromatic rings. The van der Waals surface area contributed by atoms with Crippen molar-refractivity contribution >= 4 is 17.8 Å². The molecule has 2 atom stereocenters. The summed E-state index contributed by atoms with van der Waals surface area (Å²) in [6, 6.07) is -0.443. The van der Waals surface area contributed by atoms with E-state index in [-0.39, 0.29) is 29.7 Å². The fraction of sp³-hybridized carbons (Fsp3) is 0.833. The van der Waals surface area contributed by atoms with E-state index >= 15 is 0 Å². The van der Waals surface area contributed by atoms with Crippen LogP contribution in [0.2, 0.25) is 0 Å². The summed E-state index contributed by atoms with van der Waals surface area (Å²) in [5.41, 5.74) is -0.894. The highest BCUT2D eigenvalue weighted by Gasteiger charge is 2.55. The summed E-state index contributed by atoms with van der Waals surface area (Å²) in [6.07, 6.45) is 3.58. The number of nitrogens with one attached hydrogen (secondary N) is 2. The maximum atomic E-state index is 12.8. The van der Waals surface area contributed by atoms with Crippen LogP contribution in [0.5, 0.6) is 0 Å². The molecular weight excluding hydrogens is 320 g/mol. The molecule has 1 saturated heterocycles. The molecule has 1 saturated carbocycles. The molecule has 0 aromatic heterocycles. The Hall–Kier alpha value is -1.63. The molecule has 2 unspecified atom stereocenters. The van der Waals surface area contributed by atoms with Crippen LogP contribution in [0, 0.1) is 11.3 Å². The van der Waals surface area contributed by atoms with E-state index in [0.29, 0.717) is 13.0 Å². The molecule has 2 N–H and O–H groups in total. The number of nitrogens with zero attached hydrogens (tertiary/aromatic N) is 2. The van der Waals surface area contributed by atoms with Crippen LogP contribution in [0.25, 0.3) is 0 Å². The van der Waals surface area contributed by atoms with Gasteiger partial charge in [0.05, 0.1) is 0 Å². The Morgan fingerprint density at radius 2 is 2.04 bits per heavy atom. The van der Waals surface area contributed by atoms with E-state index in [1.165, 1.54) is 0 Å². The van der Waals surface area contributed by atoms with Crippen molar-refractivity contribution in [1.82, 2.24) is 20.4 Å². The third-order valence-electron chi connectivity index (χ3n) is 5.31. The normalized spacial score (nSPS) is 27.1. The van der Waals surface area contributed by atoms with Gasteiger partial charge in [0.25, 0.3) is 5.91 Å². The zero-order chi connectivity index (χ0) is 18.8. The van der Waals surface area contributed by atoms with Gasteiger partial charge < -0.3 is 15.5 Å². The molecule has 7 nitrogen and oxygen atoms in total. The number of amides is 4. The minimum absolute atomic E-state index is 0.0878. The van der Waals surface area contributed by atoms with Crippen molar-refractivity contribution < 1.29 is 14.4 Å². The SMILES string of the molecule is CC1CCCCC12NC(=O)N(CC(=O)NCC(C)(C)CN(C)C)C2=O. The van der Waals surface area contributed by atoms with E-state index in [1.807, 2.05) is 21.0 Å². The summed E-state index contributed by atoms with van der Waals surface area (Å²) in [4.78, 5) is 40.6. The molecule has 0 radical (unpaired) electrons. The number of urea groups is 1. The van der Waals surface area contributed by atoms with Crippen molar-refractivity contribution in [3.05, 3.63) is 0 Å². The molecular formula is C18H32N4O3. The van der Waals surface area contributed by atoms with Gasteiger partial charge in [-0.1, -0.05) is 33.6 Å². The quantitative estimate of drug-likeness (QED) is 0.704. The lowest BCUT2D eigenvalue weighted by Crippen LogP contribution is -2.54. The van der Waals surface area contributed by atoms with Gasteiger partial charge in [0.15, 0.2) is 0 Å². The molecule has 25 heavy (non-hydrogen) atoms. The lowest BCUT2D eigenvalue weighted by Gasteiger charge is -2.36. The fourth-order valence-corrected chi connectivity index (χ4v) is 4.09. The molecule has 142 valence electrons. The number of imide groups is 1. The van der Waals surface area contributed by atoms with Gasteiger partial charge in [-0.2, -0.15) is 0 Å². The maximum absolute atomic E-state index is 12.8. The molecule has 1 spiro atoms. The van der Waals surface area contributed by atoms with E-state index in [4.69, 9.17) is 0 Å². The number of carbonyl (C=O) groups is 3. The average molecular weight is 352 g/mol. The number of hydrogen-bond acceptors (Lipinski definition) is 4. The van der Waals surface area contributed by atoms with Crippen molar-refractivity contribution in [1.29, 1.82) is 0 Å². The Labute approximate surface area is 150 Å². The third kappa shape index (κ3) is 4.32. The van der Waals surface area contributed by atoms with Gasteiger partial charge in [0.1, 0.15) is 12.1 Å². The highest BCUT2D eigenvalue weighted by atomic mass is 16.2. The lowest BCUT2D eigenvalue weighted by atomic mass is 9.73. The van der Waals surface area contributed by atoms with Crippen LogP contribution in [0.1, 0.15) is 46.5 Å². The second-order valence-corrected chi connectivity index (χ2v) is 8.62. The standard InChI is InChI=1S/C18H32N4O3/c1-13-8-6-7-9-18(13)15(24)22(16(25)20-18)10-14(23)19-11-17(2,3)12-21(4)5/h13H,6-12H2,1-5H3,(H,19,23)(H,20,25). The van der Waals surface area contributed by atoms with E-state index < -0.39 is 11.6 Å². The van der Waals surface area contributed by atoms with Crippen LogP contribution in [-0.2, 0) is 9.59 Å². The summed E-state index contributed by atoms with van der Waals surface area (Å²) < 4.78 is 0. The first-order valence-electron chi connectivity index (χ1n) is 9.13.